The zero-order valence-corrected chi connectivity index (χ0v) is 11.8. The van der Waals surface area contributed by atoms with Crippen LogP contribution in [0.5, 0.6) is 0 Å². The van der Waals surface area contributed by atoms with E-state index in [9.17, 15) is 4.39 Å². The topological polar surface area (TPSA) is 69.6 Å². The van der Waals surface area contributed by atoms with Crippen molar-refractivity contribution in [1.82, 2.24) is 20.2 Å². The predicted molar refractivity (Wildman–Crippen MR) is 78.7 cm³/mol. The van der Waals surface area contributed by atoms with Gasteiger partial charge in [-0.05, 0) is 53.2 Å². The maximum Gasteiger partial charge on any atom is 0.187 e. The van der Waals surface area contributed by atoms with Crippen molar-refractivity contribution >= 4 is 17.3 Å². The predicted octanol–water partition coefficient (Wildman–Crippen LogP) is 3.01. The van der Waals surface area contributed by atoms with Gasteiger partial charge < -0.3 is 5.73 Å². The molecule has 0 aliphatic rings. The monoisotopic (exact) mass is 303 g/mol. The lowest BCUT2D eigenvalue weighted by Gasteiger charge is -2.09. The Balaban J connectivity index is 2.17. The van der Waals surface area contributed by atoms with E-state index in [1.54, 1.807) is 22.9 Å². The van der Waals surface area contributed by atoms with Gasteiger partial charge in [-0.2, -0.15) is 4.68 Å². The molecular formula is C14H11ClFN5. The fourth-order valence-electron chi connectivity index (χ4n) is 2.02. The molecule has 0 unspecified atom stereocenters. The van der Waals surface area contributed by atoms with E-state index in [2.05, 4.69) is 15.5 Å². The van der Waals surface area contributed by atoms with Gasteiger partial charge in [0.05, 0.1) is 11.4 Å². The van der Waals surface area contributed by atoms with Crippen LogP contribution in [0.25, 0.3) is 17.1 Å². The van der Waals surface area contributed by atoms with Crippen LogP contribution in [0.3, 0.4) is 0 Å². The van der Waals surface area contributed by atoms with E-state index in [-0.39, 0.29) is 5.69 Å². The molecule has 1 heterocycles. The Labute approximate surface area is 125 Å². The van der Waals surface area contributed by atoms with Crippen molar-refractivity contribution < 1.29 is 4.39 Å². The molecule has 0 saturated heterocycles. The molecule has 0 amide bonds. The summed E-state index contributed by atoms with van der Waals surface area (Å²) >= 11 is 6.03. The summed E-state index contributed by atoms with van der Waals surface area (Å²) in [5, 5.41) is 12.2. The van der Waals surface area contributed by atoms with Gasteiger partial charge in [0.15, 0.2) is 5.82 Å². The molecule has 0 bridgehead atoms. The highest BCUT2D eigenvalue weighted by atomic mass is 35.5. The number of anilines is 1. The van der Waals surface area contributed by atoms with Crippen molar-refractivity contribution in [3.05, 3.63) is 52.8 Å². The Morgan fingerprint density at radius 3 is 2.76 bits per heavy atom. The summed E-state index contributed by atoms with van der Waals surface area (Å²) in [5.74, 6) is -0.0104. The van der Waals surface area contributed by atoms with E-state index in [1.165, 1.54) is 12.1 Å². The molecule has 21 heavy (non-hydrogen) atoms. The number of rotatable bonds is 2. The van der Waals surface area contributed by atoms with Crippen molar-refractivity contribution in [2.45, 2.75) is 6.92 Å². The number of halogens is 2. The van der Waals surface area contributed by atoms with Crippen molar-refractivity contribution in [2.24, 2.45) is 0 Å². The van der Waals surface area contributed by atoms with Gasteiger partial charge in [-0.25, -0.2) is 4.39 Å². The standard InChI is InChI=1S/C14H11ClFN5/c1-8-2-4-10(15)7-13(8)21-14(18-19-20-21)9-3-5-11(16)12(17)6-9/h2-7H,17H2,1H3. The molecule has 2 N–H and O–H groups in total. The third kappa shape index (κ3) is 2.45. The number of nitrogens with two attached hydrogens (primary N) is 1. The molecule has 0 spiro atoms. The molecule has 1 aromatic heterocycles. The summed E-state index contributed by atoms with van der Waals surface area (Å²) in [5.41, 5.74) is 7.98. The maximum absolute atomic E-state index is 13.3. The summed E-state index contributed by atoms with van der Waals surface area (Å²) in [6.07, 6.45) is 0. The first-order chi connectivity index (χ1) is 10.1. The molecule has 0 aliphatic heterocycles. The number of benzene rings is 2. The third-order valence-corrected chi connectivity index (χ3v) is 3.36. The van der Waals surface area contributed by atoms with E-state index >= 15 is 0 Å². The van der Waals surface area contributed by atoms with Crippen LogP contribution in [0, 0.1) is 12.7 Å². The minimum Gasteiger partial charge on any atom is -0.396 e. The fourth-order valence-corrected chi connectivity index (χ4v) is 2.19. The van der Waals surface area contributed by atoms with Gasteiger partial charge in [0, 0.05) is 10.6 Å². The van der Waals surface area contributed by atoms with E-state index in [4.69, 9.17) is 17.3 Å². The zero-order valence-electron chi connectivity index (χ0n) is 11.1. The van der Waals surface area contributed by atoms with Crippen LogP contribution in [0.1, 0.15) is 5.56 Å². The van der Waals surface area contributed by atoms with Gasteiger partial charge in [0.2, 0.25) is 0 Å². The molecule has 0 atom stereocenters. The average molecular weight is 304 g/mol. The van der Waals surface area contributed by atoms with E-state index < -0.39 is 5.82 Å². The summed E-state index contributed by atoms with van der Waals surface area (Å²) in [6, 6.07) is 9.80. The van der Waals surface area contributed by atoms with Crippen molar-refractivity contribution in [1.29, 1.82) is 0 Å². The number of nitrogens with zero attached hydrogens (tertiary/aromatic N) is 4. The smallest absolute Gasteiger partial charge is 0.187 e. The van der Waals surface area contributed by atoms with Crippen LogP contribution in [0.2, 0.25) is 5.02 Å². The highest BCUT2D eigenvalue weighted by Gasteiger charge is 2.14. The van der Waals surface area contributed by atoms with Crippen molar-refractivity contribution in [3.63, 3.8) is 0 Å². The molecule has 0 radical (unpaired) electrons. The molecule has 0 saturated carbocycles. The third-order valence-electron chi connectivity index (χ3n) is 3.12. The summed E-state index contributed by atoms with van der Waals surface area (Å²) < 4.78 is 14.8. The zero-order chi connectivity index (χ0) is 15.0. The van der Waals surface area contributed by atoms with Gasteiger partial charge in [-0.15, -0.1) is 5.10 Å². The van der Waals surface area contributed by atoms with Gasteiger partial charge in [-0.1, -0.05) is 17.7 Å². The van der Waals surface area contributed by atoms with E-state index in [1.807, 2.05) is 13.0 Å². The number of aromatic nitrogens is 4. The number of tetrazole rings is 1. The second kappa shape index (κ2) is 5.14. The van der Waals surface area contributed by atoms with Gasteiger partial charge in [-0.3, -0.25) is 0 Å². The Kier molecular flexibility index (Phi) is 3.31. The molecule has 2 aromatic carbocycles. The Morgan fingerprint density at radius 2 is 2.00 bits per heavy atom. The SMILES string of the molecule is Cc1ccc(Cl)cc1-n1nnnc1-c1ccc(F)c(N)c1. The number of aryl methyl sites for hydroxylation is 1. The van der Waals surface area contributed by atoms with Crippen LogP contribution in [-0.4, -0.2) is 20.2 Å². The summed E-state index contributed by atoms with van der Waals surface area (Å²) in [7, 11) is 0. The first-order valence-electron chi connectivity index (χ1n) is 6.16. The Hall–Kier alpha value is -2.47. The quantitative estimate of drug-likeness (QED) is 0.739. The molecule has 5 nitrogen and oxygen atoms in total. The first kappa shape index (κ1) is 13.5. The maximum atomic E-state index is 13.3. The van der Waals surface area contributed by atoms with Crippen molar-refractivity contribution in [2.75, 3.05) is 5.73 Å². The van der Waals surface area contributed by atoms with Crippen LogP contribution < -0.4 is 5.73 Å². The van der Waals surface area contributed by atoms with E-state index in [0.29, 0.717) is 16.4 Å². The lowest BCUT2D eigenvalue weighted by atomic mass is 10.1. The van der Waals surface area contributed by atoms with Crippen LogP contribution in [0.15, 0.2) is 36.4 Å². The molecular weight excluding hydrogens is 293 g/mol. The Morgan fingerprint density at radius 1 is 1.19 bits per heavy atom. The number of hydrogen-bond acceptors (Lipinski definition) is 4. The number of nitrogen functional groups attached to an aromatic ring is 1. The lowest BCUT2D eigenvalue weighted by Crippen LogP contribution is -2.02. The summed E-state index contributed by atoms with van der Waals surface area (Å²) in [6.45, 7) is 1.93. The first-order valence-corrected chi connectivity index (χ1v) is 6.54. The van der Waals surface area contributed by atoms with E-state index in [0.717, 1.165) is 11.3 Å². The minimum absolute atomic E-state index is 0.0462. The molecule has 0 fully saturated rings. The Bertz CT molecular complexity index is 815. The van der Waals surface area contributed by atoms with Crippen LogP contribution in [0.4, 0.5) is 10.1 Å². The highest BCUT2D eigenvalue weighted by Crippen LogP contribution is 2.25. The second-order valence-electron chi connectivity index (χ2n) is 4.58. The molecule has 0 aliphatic carbocycles. The van der Waals surface area contributed by atoms with Crippen LogP contribution in [-0.2, 0) is 0 Å². The van der Waals surface area contributed by atoms with Crippen LogP contribution >= 0.6 is 11.6 Å². The average Bonchev–Trinajstić information content (AvgIpc) is 2.93. The number of hydrogen-bond donors (Lipinski definition) is 1. The minimum atomic E-state index is -0.475. The largest absolute Gasteiger partial charge is 0.396 e. The van der Waals surface area contributed by atoms with Gasteiger partial charge in [0.1, 0.15) is 5.82 Å². The van der Waals surface area contributed by atoms with Gasteiger partial charge >= 0.3 is 0 Å². The fraction of sp³-hybridized carbons (Fsp3) is 0.0714. The summed E-state index contributed by atoms with van der Waals surface area (Å²) in [4.78, 5) is 0. The molecule has 7 heteroatoms. The lowest BCUT2D eigenvalue weighted by molar-refractivity contribution is 0.632. The molecule has 106 valence electrons. The van der Waals surface area contributed by atoms with Crippen molar-refractivity contribution in [3.8, 4) is 17.1 Å². The second-order valence-corrected chi connectivity index (χ2v) is 5.02. The van der Waals surface area contributed by atoms with Gasteiger partial charge in [0.25, 0.3) is 0 Å². The molecule has 3 rings (SSSR count). The molecule has 3 aromatic rings. The normalized spacial score (nSPS) is 10.8. The highest BCUT2D eigenvalue weighted by molar-refractivity contribution is 6.30.